The van der Waals surface area contributed by atoms with Gasteiger partial charge in [-0.2, -0.15) is 0 Å². The zero-order valence-electron chi connectivity index (χ0n) is 14.4. The molecule has 1 saturated heterocycles. The van der Waals surface area contributed by atoms with Crippen LogP contribution in [0.3, 0.4) is 0 Å². The Morgan fingerprint density at radius 3 is 2.70 bits per heavy atom. The van der Waals surface area contributed by atoms with Gasteiger partial charge in [0.05, 0.1) is 16.0 Å². The van der Waals surface area contributed by atoms with Crippen LogP contribution in [0.15, 0.2) is 42.5 Å². The first kappa shape index (κ1) is 21.4. The predicted molar refractivity (Wildman–Crippen MR) is 106 cm³/mol. The van der Waals surface area contributed by atoms with Crippen molar-refractivity contribution in [1.82, 2.24) is 10.6 Å². The minimum Gasteiger partial charge on any atom is -0.449 e. The standard InChI is InChI=1S/C18H20ClN3O4.ClH/c19-14-3-1-2-4-17(14)26-18-6-5-12(7-15(18)22(24)25)8-20-9-13-10-21-11-16(13)23;/h1-7,13,16,20-21,23H,8-11H2;1H. The highest BCUT2D eigenvalue weighted by Crippen LogP contribution is 2.35. The fourth-order valence-electron chi connectivity index (χ4n) is 2.88. The Balaban J connectivity index is 0.00000261. The quantitative estimate of drug-likeness (QED) is 0.476. The summed E-state index contributed by atoms with van der Waals surface area (Å²) in [6, 6.07) is 11.7. The summed E-state index contributed by atoms with van der Waals surface area (Å²) in [7, 11) is 0. The topological polar surface area (TPSA) is 96.7 Å². The summed E-state index contributed by atoms with van der Waals surface area (Å²) in [6.45, 7) is 2.47. The van der Waals surface area contributed by atoms with Gasteiger partial charge in [0.25, 0.3) is 0 Å². The molecule has 0 aromatic heterocycles. The van der Waals surface area contributed by atoms with Crippen LogP contribution in [0.1, 0.15) is 5.56 Å². The SMILES string of the molecule is Cl.O=[N+]([O-])c1cc(CNCC2CNCC2O)ccc1Oc1ccccc1Cl. The van der Waals surface area contributed by atoms with Crippen LogP contribution in [-0.4, -0.2) is 35.8 Å². The summed E-state index contributed by atoms with van der Waals surface area (Å²) in [5.41, 5.74) is 0.649. The maximum Gasteiger partial charge on any atom is 0.311 e. The molecule has 2 aromatic carbocycles. The molecule has 27 heavy (non-hydrogen) atoms. The van der Waals surface area contributed by atoms with Crippen molar-refractivity contribution < 1.29 is 14.8 Å². The van der Waals surface area contributed by atoms with Crippen LogP contribution in [-0.2, 0) is 6.54 Å². The summed E-state index contributed by atoms with van der Waals surface area (Å²) in [6.07, 6.45) is -0.358. The Morgan fingerprint density at radius 2 is 2.04 bits per heavy atom. The van der Waals surface area contributed by atoms with Crippen LogP contribution < -0.4 is 15.4 Å². The summed E-state index contributed by atoms with van der Waals surface area (Å²) < 4.78 is 5.62. The number of aliphatic hydroxyl groups excluding tert-OH is 1. The smallest absolute Gasteiger partial charge is 0.311 e. The molecule has 3 rings (SSSR count). The van der Waals surface area contributed by atoms with Crippen molar-refractivity contribution >= 4 is 29.7 Å². The number of aliphatic hydroxyl groups is 1. The van der Waals surface area contributed by atoms with E-state index in [1.165, 1.54) is 6.07 Å². The second-order valence-corrected chi connectivity index (χ2v) is 6.62. The fourth-order valence-corrected chi connectivity index (χ4v) is 3.05. The molecule has 1 fully saturated rings. The Bertz CT molecular complexity index is 791. The normalized spacial score (nSPS) is 18.7. The molecule has 0 spiro atoms. The van der Waals surface area contributed by atoms with Gasteiger partial charge in [-0.05, 0) is 23.8 Å². The Labute approximate surface area is 168 Å². The third-order valence-corrected chi connectivity index (χ3v) is 4.63. The Kier molecular flexibility index (Phi) is 7.82. The van der Waals surface area contributed by atoms with Crippen LogP contribution in [0.4, 0.5) is 5.69 Å². The number of nitrogens with zero attached hydrogens (tertiary/aromatic N) is 1. The molecule has 2 unspecified atom stereocenters. The molecule has 0 amide bonds. The highest BCUT2D eigenvalue weighted by molar-refractivity contribution is 6.32. The van der Waals surface area contributed by atoms with Crippen molar-refractivity contribution in [2.45, 2.75) is 12.6 Å². The van der Waals surface area contributed by atoms with E-state index >= 15 is 0 Å². The number of β-amino-alcohol motifs (C(OH)–C–C–N with tert-alkyl or cyclic N) is 1. The second-order valence-electron chi connectivity index (χ2n) is 6.21. The van der Waals surface area contributed by atoms with Gasteiger partial charge in [-0.15, -0.1) is 12.4 Å². The lowest BCUT2D eigenvalue weighted by Gasteiger charge is -2.14. The molecular formula is C18H21Cl2N3O4. The van der Waals surface area contributed by atoms with Crippen molar-refractivity contribution in [3.63, 3.8) is 0 Å². The van der Waals surface area contributed by atoms with E-state index in [9.17, 15) is 15.2 Å². The van der Waals surface area contributed by atoms with Gasteiger partial charge in [0.1, 0.15) is 5.75 Å². The third kappa shape index (κ3) is 5.54. The summed E-state index contributed by atoms with van der Waals surface area (Å²) >= 11 is 6.05. The number of hydrogen-bond donors (Lipinski definition) is 3. The van der Waals surface area contributed by atoms with Crippen LogP contribution in [0, 0.1) is 16.0 Å². The lowest BCUT2D eigenvalue weighted by atomic mass is 10.1. The molecule has 1 aliphatic heterocycles. The highest BCUT2D eigenvalue weighted by Gasteiger charge is 2.24. The van der Waals surface area contributed by atoms with Crippen LogP contribution in [0.25, 0.3) is 0 Å². The fraction of sp³-hybridized carbons (Fsp3) is 0.333. The number of nitrogens with one attached hydrogen (secondary N) is 2. The average molecular weight is 414 g/mol. The van der Waals surface area contributed by atoms with E-state index < -0.39 is 4.92 Å². The van der Waals surface area contributed by atoms with E-state index in [1.807, 2.05) is 0 Å². The number of nitro groups is 1. The van der Waals surface area contributed by atoms with Crippen LogP contribution in [0.2, 0.25) is 5.02 Å². The van der Waals surface area contributed by atoms with Gasteiger partial charge in [-0.3, -0.25) is 10.1 Å². The lowest BCUT2D eigenvalue weighted by Crippen LogP contribution is -2.30. The number of para-hydroxylation sites is 1. The highest BCUT2D eigenvalue weighted by atomic mass is 35.5. The van der Waals surface area contributed by atoms with E-state index in [4.69, 9.17) is 16.3 Å². The molecule has 9 heteroatoms. The second kappa shape index (κ2) is 9.87. The van der Waals surface area contributed by atoms with Crippen LogP contribution in [0.5, 0.6) is 11.5 Å². The minimum atomic E-state index is -0.472. The first-order valence-corrected chi connectivity index (χ1v) is 8.71. The van der Waals surface area contributed by atoms with Gasteiger partial charge < -0.3 is 20.5 Å². The maximum atomic E-state index is 11.4. The van der Waals surface area contributed by atoms with Gasteiger partial charge in [0, 0.05) is 38.2 Å². The van der Waals surface area contributed by atoms with Crippen molar-refractivity contribution in [1.29, 1.82) is 0 Å². The monoisotopic (exact) mass is 413 g/mol. The molecule has 0 aliphatic carbocycles. The number of hydrogen-bond acceptors (Lipinski definition) is 6. The number of benzene rings is 2. The molecule has 146 valence electrons. The minimum absolute atomic E-state index is 0. The molecule has 0 bridgehead atoms. The molecule has 0 radical (unpaired) electrons. The summed E-state index contributed by atoms with van der Waals surface area (Å²) in [5.74, 6) is 0.654. The Morgan fingerprint density at radius 1 is 1.26 bits per heavy atom. The van der Waals surface area contributed by atoms with Crippen LogP contribution >= 0.6 is 24.0 Å². The molecule has 7 nitrogen and oxygen atoms in total. The van der Waals surface area contributed by atoms with Crippen molar-refractivity contribution in [2.24, 2.45) is 5.92 Å². The number of halogens is 2. The molecule has 1 heterocycles. The molecule has 3 N–H and O–H groups in total. The number of rotatable bonds is 7. The average Bonchev–Trinajstić information content (AvgIpc) is 3.03. The molecular weight excluding hydrogens is 393 g/mol. The largest absolute Gasteiger partial charge is 0.449 e. The first-order chi connectivity index (χ1) is 12.5. The first-order valence-electron chi connectivity index (χ1n) is 8.34. The maximum absolute atomic E-state index is 11.4. The van der Waals surface area contributed by atoms with Gasteiger partial charge in [-0.1, -0.05) is 29.8 Å². The van der Waals surface area contributed by atoms with E-state index in [0.29, 0.717) is 30.4 Å². The zero-order valence-corrected chi connectivity index (χ0v) is 16.0. The van der Waals surface area contributed by atoms with E-state index in [-0.39, 0.29) is 35.9 Å². The third-order valence-electron chi connectivity index (χ3n) is 4.32. The van der Waals surface area contributed by atoms with E-state index in [0.717, 1.165) is 12.1 Å². The molecule has 1 aliphatic rings. The van der Waals surface area contributed by atoms with Gasteiger partial charge in [0.15, 0.2) is 0 Å². The molecule has 2 aromatic rings. The van der Waals surface area contributed by atoms with Gasteiger partial charge in [-0.25, -0.2) is 0 Å². The van der Waals surface area contributed by atoms with E-state index in [1.54, 1.807) is 36.4 Å². The van der Waals surface area contributed by atoms with E-state index in [2.05, 4.69) is 10.6 Å². The van der Waals surface area contributed by atoms with Crippen molar-refractivity contribution in [3.8, 4) is 11.5 Å². The summed E-state index contributed by atoms with van der Waals surface area (Å²) in [5, 5.41) is 27.9. The predicted octanol–water partition coefficient (Wildman–Crippen LogP) is 3.13. The molecule has 0 saturated carbocycles. The molecule has 2 atom stereocenters. The summed E-state index contributed by atoms with van der Waals surface area (Å²) in [4.78, 5) is 10.9. The lowest BCUT2D eigenvalue weighted by molar-refractivity contribution is -0.385. The number of nitro benzene ring substituents is 1. The van der Waals surface area contributed by atoms with Crippen molar-refractivity contribution in [2.75, 3.05) is 19.6 Å². The Hall–Kier alpha value is -1.90. The van der Waals surface area contributed by atoms with Gasteiger partial charge in [0.2, 0.25) is 5.75 Å². The zero-order chi connectivity index (χ0) is 18.5. The number of ether oxygens (including phenoxy) is 1. The van der Waals surface area contributed by atoms with Crippen molar-refractivity contribution in [3.05, 3.63) is 63.2 Å². The van der Waals surface area contributed by atoms with Gasteiger partial charge >= 0.3 is 5.69 Å².